The molecule has 0 saturated carbocycles. The molecule has 1 heterocycles. The lowest BCUT2D eigenvalue weighted by atomic mass is 10.2. The van der Waals surface area contributed by atoms with Gasteiger partial charge in [0.15, 0.2) is 0 Å². The third-order valence-corrected chi connectivity index (χ3v) is 2.72. The van der Waals surface area contributed by atoms with Crippen molar-refractivity contribution in [2.75, 3.05) is 18.1 Å². The molecule has 4 nitrogen and oxygen atoms in total. The summed E-state index contributed by atoms with van der Waals surface area (Å²) in [4.78, 5) is 6.71. The monoisotopic (exact) mass is 253 g/mol. The largest absolute Gasteiger partial charge is 0.396 e. The van der Waals surface area contributed by atoms with E-state index in [-0.39, 0.29) is 6.61 Å². The molecule has 1 aromatic rings. The fraction of sp³-hybridized carbons (Fsp3) is 0.500. The van der Waals surface area contributed by atoms with Crippen LogP contribution in [0.1, 0.15) is 26.0 Å². The average molecular weight is 253 g/mol. The van der Waals surface area contributed by atoms with E-state index in [9.17, 15) is 0 Å². The van der Waals surface area contributed by atoms with Gasteiger partial charge < -0.3 is 15.7 Å². The minimum absolute atomic E-state index is 0.196. The molecule has 0 unspecified atom stereocenters. The smallest absolute Gasteiger partial charge is 0.122 e. The van der Waals surface area contributed by atoms with Crippen LogP contribution in [0, 0.1) is 0 Å². The third kappa shape index (κ3) is 3.94. The molecule has 94 valence electrons. The van der Waals surface area contributed by atoms with Gasteiger partial charge in [-0.05, 0) is 32.4 Å². The first-order chi connectivity index (χ1) is 8.06. The molecule has 1 aromatic heterocycles. The number of hydrogen-bond donors (Lipinski definition) is 2. The fourth-order valence-corrected chi connectivity index (χ4v) is 1.75. The van der Waals surface area contributed by atoms with Crippen LogP contribution in [0.3, 0.4) is 0 Å². The van der Waals surface area contributed by atoms with Gasteiger partial charge >= 0.3 is 0 Å². The third-order valence-electron chi connectivity index (χ3n) is 2.51. The lowest BCUT2D eigenvalue weighted by molar-refractivity contribution is 0.288. The predicted molar refractivity (Wildman–Crippen MR) is 74.3 cm³/mol. The van der Waals surface area contributed by atoms with E-state index in [1.54, 1.807) is 6.20 Å². The summed E-state index contributed by atoms with van der Waals surface area (Å²) in [5.74, 6) is 0. The number of pyridine rings is 1. The molecule has 3 N–H and O–H groups in total. The number of aromatic nitrogens is 1. The normalized spacial score (nSPS) is 10.6. The van der Waals surface area contributed by atoms with Crippen molar-refractivity contribution in [3.63, 3.8) is 0 Å². The van der Waals surface area contributed by atoms with Crippen LogP contribution in [-0.2, 0) is 0 Å². The van der Waals surface area contributed by atoms with Gasteiger partial charge in [0.2, 0.25) is 0 Å². The molecule has 5 heteroatoms. The summed E-state index contributed by atoms with van der Waals surface area (Å²) in [6.45, 7) is 5.22. The van der Waals surface area contributed by atoms with Gasteiger partial charge in [-0.3, -0.25) is 4.98 Å². The molecule has 0 amide bonds. The minimum Gasteiger partial charge on any atom is -0.396 e. The Balaban J connectivity index is 2.83. The van der Waals surface area contributed by atoms with E-state index >= 15 is 0 Å². The van der Waals surface area contributed by atoms with Crippen molar-refractivity contribution < 1.29 is 5.11 Å². The summed E-state index contributed by atoms with van der Waals surface area (Å²) in [6, 6.07) is 4.14. The Hall–Kier alpha value is -1.20. The molecule has 0 aliphatic carbocycles. The second-order valence-corrected chi connectivity index (χ2v) is 4.57. The van der Waals surface area contributed by atoms with E-state index in [1.165, 1.54) is 0 Å². The maximum absolute atomic E-state index is 8.88. The summed E-state index contributed by atoms with van der Waals surface area (Å²) in [5, 5.41) is 8.88. The maximum Gasteiger partial charge on any atom is 0.122 e. The van der Waals surface area contributed by atoms with E-state index in [4.69, 9.17) is 23.1 Å². The Morgan fingerprint density at radius 3 is 2.65 bits per heavy atom. The van der Waals surface area contributed by atoms with E-state index in [0.717, 1.165) is 18.7 Å². The van der Waals surface area contributed by atoms with Gasteiger partial charge in [-0.15, -0.1) is 0 Å². The highest BCUT2D eigenvalue weighted by Crippen LogP contribution is 2.16. The van der Waals surface area contributed by atoms with Crippen LogP contribution in [0.5, 0.6) is 0 Å². The Labute approximate surface area is 107 Å². The Morgan fingerprint density at radius 2 is 2.24 bits per heavy atom. The molecule has 0 saturated heterocycles. The molecule has 17 heavy (non-hydrogen) atoms. The number of aliphatic hydroxyl groups is 1. The van der Waals surface area contributed by atoms with Crippen molar-refractivity contribution in [3.8, 4) is 0 Å². The molecular weight excluding hydrogens is 234 g/mol. The van der Waals surface area contributed by atoms with Crippen molar-refractivity contribution in [2.45, 2.75) is 26.3 Å². The predicted octanol–water partition coefficient (Wildman–Crippen LogP) is 1.31. The van der Waals surface area contributed by atoms with Crippen molar-refractivity contribution in [2.24, 2.45) is 5.73 Å². The first-order valence-corrected chi connectivity index (χ1v) is 6.10. The van der Waals surface area contributed by atoms with Crippen molar-refractivity contribution in [3.05, 3.63) is 24.0 Å². The number of anilines is 1. The van der Waals surface area contributed by atoms with Gasteiger partial charge in [0, 0.05) is 19.2 Å². The quantitative estimate of drug-likeness (QED) is 0.749. The molecule has 0 aliphatic heterocycles. The van der Waals surface area contributed by atoms with Gasteiger partial charge in [0.1, 0.15) is 4.99 Å². The summed E-state index contributed by atoms with van der Waals surface area (Å²) in [5.41, 5.74) is 7.16. The van der Waals surface area contributed by atoms with Gasteiger partial charge in [-0.25, -0.2) is 0 Å². The lowest BCUT2D eigenvalue weighted by Gasteiger charge is -2.28. The van der Waals surface area contributed by atoms with Gasteiger partial charge in [0.25, 0.3) is 0 Å². The molecule has 1 rings (SSSR count). The molecular formula is C12H19N3OS. The minimum atomic E-state index is 0.196. The van der Waals surface area contributed by atoms with Crippen LogP contribution in [0.4, 0.5) is 5.69 Å². The summed E-state index contributed by atoms with van der Waals surface area (Å²) >= 11 is 4.86. The van der Waals surface area contributed by atoms with E-state index in [2.05, 4.69) is 23.7 Å². The number of nitrogens with zero attached hydrogens (tertiary/aromatic N) is 2. The molecule has 0 bridgehead atoms. The SMILES string of the molecule is CC(C)N(CCCO)c1ccc(C(N)=S)nc1. The first-order valence-electron chi connectivity index (χ1n) is 5.69. The highest BCUT2D eigenvalue weighted by molar-refractivity contribution is 7.80. The highest BCUT2D eigenvalue weighted by Gasteiger charge is 2.10. The summed E-state index contributed by atoms with van der Waals surface area (Å²) in [7, 11) is 0. The molecule has 0 atom stereocenters. The number of rotatable bonds is 6. The zero-order chi connectivity index (χ0) is 12.8. The molecule has 0 aromatic carbocycles. The van der Waals surface area contributed by atoms with Gasteiger partial charge in [-0.1, -0.05) is 12.2 Å². The van der Waals surface area contributed by atoms with Crippen molar-refractivity contribution >= 4 is 22.9 Å². The number of thiocarbonyl (C=S) groups is 1. The summed E-state index contributed by atoms with van der Waals surface area (Å²) in [6.07, 6.45) is 2.51. The van der Waals surface area contributed by atoms with Crippen LogP contribution < -0.4 is 10.6 Å². The second kappa shape index (κ2) is 6.51. The number of hydrogen-bond acceptors (Lipinski definition) is 4. The van der Waals surface area contributed by atoms with E-state index in [0.29, 0.717) is 16.7 Å². The lowest BCUT2D eigenvalue weighted by Crippen LogP contribution is -2.32. The molecule has 0 radical (unpaired) electrons. The maximum atomic E-state index is 8.88. The van der Waals surface area contributed by atoms with Crippen molar-refractivity contribution in [1.82, 2.24) is 4.98 Å². The topological polar surface area (TPSA) is 62.4 Å². The average Bonchev–Trinajstić information content (AvgIpc) is 2.29. The molecule has 0 aliphatic rings. The van der Waals surface area contributed by atoms with Crippen molar-refractivity contribution in [1.29, 1.82) is 0 Å². The van der Waals surface area contributed by atoms with Crippen LogP contribution in [0.2, 0.25) is 0 Å². The van der Waals surface area contributed by atoms with Gasteiger partial charge in [-0.2, -0.15) is 0 Å². The molecule has 0 fully saturated rings. The van der Waals surface area contributed by atoms with Crippen LogP contribution in [0.15, 0.2) is 18.3 Å². The zero-order valence-corrected chi connectivity index (χ0v) is 11.1. The van der Waals surface area contributed by atoms with Gasteiger partial charge in [0.05, 0.1) is 17.6 Å². The Kier molecular flexibility index (Phi) is 5.31. The van der Waals surface area contributed by atoms with Crippen LogP contribution in [-0.4, -0.2) is 34.3 Å². The number of aliphatic hydroxyl groups excluding tert-OH is 1. The first kappa shape index (κ1) is 13.9. The number of nitrogens with two attached hydrogens (primary N) is 1. The standard InChI is InChI=1S/C12H19N3OS/c1-9(2)15(6-3-7-16)10-4-5-11(12(13)17)14-8-10/h4-5,8-9,16H,3,6-7H2,1-2H3,(H2,13,17). The van der Waals surface area contributed by atoms with E-state index in [1.807, 2.05) is 12.1 Å². The second-order valence-electron chi connectivity index (χ2n) is 4.13. The Bertz CT molecular complexity index is 365. The van der Waals surface area contributed by atoms with E-state index < -0.39 is 0 Å². The Morgan fingerprint density at radius 1 is 1.53 bits per heavy atom. The summed E-state index contributed by atoms with van der Waals surface area (Å²) < 4.78 is 0. The van der Waals surface area contributed by atoms with Crippen LogP contribution >= 0.6 is 12.2 Å². The van der Waals surface area contributed by atoms with Crippen LogP contribution in [0.25, 0.3) is 0 Å². The molecule has 0 spiro atoms. The highest BCUT2D eigenvalue weighted by atomic mass is 32.1. The fourth-order valence-electron chi connectivity index (χ4n) is 1.63. The zero-order valence-electron chi connectivity index (χ0n) is 10.3.